The van der Waals surface area contributed by atoms with E-state index in [2.05, 4.69) is 15.5 Å². The van der Waals surface area contributed by atoms with Gasteiger partial charge in [0, 0.05) is 5.69 Å². The zero-order valence-corrected chi connectivity index (χ0v) is 14.3. The molecular weight excluding hydrogens is 334 g/mol. The number of nitrogens with one attached hydrogen (secondary N) is 1. The number of para-hydroxylation sites is 1. The van der Waals surface area contributed by atoms with Gasteiger partial charge in [0.25, 0.3) is 5.22 Å². The van der Waals surface area contributed by atoms with E-state index in [4.69, 9.17) is 4.42 Å². The van der Waals surface area contributed by atoms with Crippen molar-refractivity contribution in [2.45, 2.75) is 29.7 Å². The van der Waals surface area contributed by atoms with Crippen LogP contribution in [-0.2, 0) is 17.6 Å². The zero-order valence-electron chi connectivity index (χ0n) is 13.5. The molecule has 1 aromatic heterocycles. The minimum absolute atomic E-state index is 0.0160. The van der Waals surface area contributed by atoms with Gasteiger partial charge >= 0.3 is 0 Å². The quantitative estimate of drug-likeness (QED) is 0.776. The molecule has 25 heavy (non-hydrogen) atoms. The van der Waals surface area contributed by atoms with Crippen molar-refractivity contribution in [2.75, 3.05) is 5.32 Å². The first-order valence-electron chi connectivity index (χ1n) is 8.20. The zero-order chi connectivity index (χ0) is 17.1. The van der Waals surface area contributed by atoms with Crippen molar-refractivity contribution >= 4 is 23.4 Å². The second kappa shape index (κ2) is 7.11. The third-order valence-corrected chi connectivity index (χ3v) is 5.23. The Hall–Kier alpha value is -2.60. The van der Waals surface area contributed by atoms with Crippen LogP contribution in [0.15, 0.2) is 64.2 Å². The number of hydrogen-bond donors (Lipinski definition) is 1. The van der Waals surface area contributed by atoms with Crippen molar-refractivity contribution in [3.05, 3.63) is 71.6 Å². The van der Waals surface area contributed by atoms with Crippen molar-refractivity contribution in [1.82, 2.24) is 10.2 Å². The molecule has 0 spiro atoms. The van der Waals surface area contributed by atoms with E-state index < -0.39 is 0 Å². The number of carbonyl (C=O) groups excluding carboxylic acids is 1. The Labute approximate surface area is 149 Å². The van der Waals surface area contributed by atoms with Gasteiger partial charge in [-0.25, -0.2) is 0 Å². The molecule has 126 valence electrons. The molecular formula is C19H17N3O2S. The summed E-state index contributed by atoms with van der Waals surface area (Å²) in [6.45, 7) is 0. The summed E-state index contributed by atoms with van der Waals surface area (Å²) in [5.41, 5.74) is 3.17. The Kier molecular flexibility index (Phi) is 4.52. The van der Waals surface area contributed by atoms with Crippen LogP contribution in [0.25, 0.3) is 0 Å². The molecule has 1 aliphatic rings. The fraction of sp³-hybridized carbons (Fsp3) is 0.211. The van der Waals surface area contributed by atoms with Gasteiger partial charge in [-0.15, -0.1) is 10.2 Å². The van der Waals surface area contributed by atoms with Crippen molar-refractivity contribution in [3.63, 3.8) is 0 Å². The van der Waals surface area contributed by atoms with Crippen LogP contribution in [0.2, 0.25) is 0 Å². The molecule has 1 N–H and O–H groups in total. The van der Waals surface area contributed by atoms with Crippen molar-refractivity contribution in [1.29, 1.82) is 0 Å². The van der Waals surface area contributed by atoms with E-state index in [9.17, 15) is 4.79 Å². The molecule has 3 aromatic rings. The maximum Gasteiger partial charge on any atom is 0.277 e. The second-order valence-corrected chi connectivity index (χ2v) is 7.07. The number of nitrogens with zero attached hydrogens (tertiary/aromatic N) is 2. The number of amides is 1. The number of hydrogen-bond acceptors (Lipinski definition) is 5. The predicted octanol–water partition coefficient (Wildman–Crippen LogP) is 3.71. The molecule has 0 bridgehead atoms. The van der Waals surface area contributed by atoms with Crippen LogP contribution < -0.4 is 5.32 Å². The summed E-state index contributed by atoms with van der Waals surface area (Å²) in [5.74, 6) is 0.545. The van der Waals surface area contributed by atoms with Crippen LogP contribution in [0.3, 0.4) is 0 Å². The average Bonchev–Trinajstić information content (AvgIpc) is 3.00. The normalized spacial score (nSPS) is 16.8. The van der Waals surface area contributed by atoms with E-state index in [0.717, 1.165) is 29.7 Å². The Morgan fingerprint density at radius 2 is 1.88 bits per heavy atom. The molecule has 1 amide bonds. The molecule has 2 heterocycles. The number of anilines is 1. The Morgan fingerprint density at radius 1 is 1.08 bits per heavy atom. The highest BCUT2D eigenvalue weighted by Gasteiger charge is 2.26. The first-order valence-corrected chi connectivity index (χ1v) is 9.07. The Bertz CT molecular complexity index is 879. The van der Waals surface area contributed by atoms with E-state index in [1.165, 1.54) is 11.8 Å². The largest absolute Gasteiger partial charge is 0.416 e. The highest BCUT2D eigenvalue weighted by atomic mass is 32.2. The lowest BCUT2D eigenvalue weighted by atomic mass is 10.1. The number of benzene rings is 2. The van der Waals surface area contributed by atoms with Crippen molar-refractivity contribution in [3.8, 4) is 0 Å². The molecule has 0 unspecified atom stereocenters. The van der Waals surface area contributed by atoms with Gasteiger partial charge in [-0.1, -0.05) is 60.3 Å². The molecule has 0 saturated carbocycles. The number of thioether (sulfide) groups is 1. The second-order valence-electron chi connectivity index (χ2n) is 5.92. The monoisotopic (exact) mass is 351 g/mol. The van der Waals surface area contributed by atoms with Crippen LogP contribution in [-0.4, -0.2) is 21.4 Å². The van der Waals surface area contributed by atoms with E-state index >= 15 is 0 Å². The molecule has 6 heteroatoms. The standard InChI is InChI=1S/C19H17N3O2S/c23-18-16(11-10-14-8-4-5-9-15(14)20-18)25-19-22-21-17(24-19)12-13-6-2-1-3-7-13/h1-9,16H,10-12H2,(H,20,23)/t16-/m0/s1. The molecule has 0 fully saturated rings. The highest BCUT2D eigenvalue weighted by Crippen LogP contribution is 2.31. The summed E-state index contributed by atoms with van der Waals surface area (Å²) < 4.78 is 5.72. The van der Waals surface area contributed by atoms with Gasteiger partial charge in [0.05, 0.1) is 11.7 Å². The Balaban J connectivity index is 1.43. The van der Waals surface area contributed by atoms with Gasteiger partial charge in [0.15, 0.2) is 0 Å². The van der Waals surface area contributed by atoms with Crippen LogP contribution in [0.5, 0.6) is 0 Å². The Morgan fingerprint density at radius 3 is 2.76 bits per heavy atom. The lowest BCUT2D eigenvalue weighted by molar-refractivity contribution is -0.115. The van der Waals surface area contributed by atoms with Gasteiger partial charge < -0.3 is 9.73 Å². The van der Waals surface area contributed by atoms with Gasteiger partial charge in [0.1, 0.15) is 0 Å². The lowest BCUT2D eigenvalue weighted by Crippen LogP contribution is -2.23. The molecule has 1 aliphatic heterocycles. The number of aryl methyl sites for hydroxylation is 1. The predicted molar refractivity (Wildman–Crippen MR) is 96.6 cm³/mol. The fourth-order valence-corrected chi connectivity index (χ4v) is 3.73. The molecule has 1 atom stereocenters. The summed E-state index contributed by atoms with van der Waals surface area (Å²) in [6.07, 6.45) is 2.18. The smallest absolute Gasteiger partial charge is 0.277 e. The average molecular weight is 351 g/mol. The van der Waals surface area contributed by atoms with E-state index in [1.54, 1.807) is 0 Å². The van der Waals surface area contributed by atoms with Crippen LogP contribution >= 0.6 is 11.8 Å². The molecule has 4 rings (SSSR count). The van der Waals surface area contributed by atoms with E-state index in [-0.39, 0.29) is 11.2 Å². The van der Waals surface area contributed by atoms with Crippen LogP contribution in [0, 0.1) is 0 Å². The number of rotatable bonds is 4. The lowest BCUT2D eigenvalue weighted by Gasteiger charge is -2.09. The summed E-state index contributed by atoms with van der Waals surface area (Å²) >= 11 is 1.34. The van der Waals surface area contributed by atoms with Gasteiger partial charge in [0.2, 0.25) is 11.8 Å². The van der Waals surface area contributed by atoms with E-state index in [0.29, 0.717) is 17.5 Å². The van der Waals surface area contributed by atoms with Crippen LogP contribution in [0.1, 0.15) is 23.4 Å². The summed E-state index contributed by atoms with van der Waals surface area (Å²) in [4.78, 5) is 12.5. The van der Waals surface area contributed by atoms with Gasteiger partial charge in [-0.05, 0) is 30.0 Å². The highest BCUT2D eigenvalue weighted by molar-refractivity contribution is 8.00. The summed E-state index contributed by atoms with van der Waals surface area (Å²) in [7, 11) is 0. The third-order valence-electron chi connectivity index (χ3n) is 4.13. The first-order chi connectivity index (χ1) is 12.3. The number of fused-ring (bicyclic) bond motifs is 1. The molecule has 0 radical (unpaired) electrons. The number of carbonyl (C=O) groups is 1. The SMILES string of the molecule is O=C1Nc2ccccc2CC[C@@H]1Sc1nnc(Cc2ccccc2)o1. The minimum atomic E-state index is -0.238. The van der Waals surface area contributed by atoms with Crippen LogP contribution in [0.4, 0.5) is 5.69 Å². The fourth-order valence-electron chi connectivity index (χ4n) is 2.85. The summed E-state index contributed by atoms with van der Waals surface area (Å²) in [5, 5.41) is 11.4. The third kappa shape index (κ3) is 3.74. The maximum atomic E-state index is 12.5. The van der Waals surface area contributed by atoms with Gasteiger partial charge in [-0.3, -0.25) is 4.79 Å². The maximum absolute atomic E-state index is 12.5. The van der Waals surface area contributed by atoms with Crippen molar-refractivity contribution in [2.24, 2.45) is 0 Å². The summed E-state index contributed by atoms with van der Waals surface area (Å²) in [6, 6.07) is 17.9. The number of aromatic nitrogens is 2. The molecule has 0 saturated heterocycles. The van der Waals surface area contributed by atoms with Crippen molar-refractivity contribution < 1.29 is 9.21 Å². The first kappa shape index (κ1) is 15.9. The molecule has 5 nitrogen and oxygen atoms in total. The topological polar surface area (TPSA) is 68.0 Å². The minimum Gasteiger partial charge on any atom is -0.416 e. The van der Waals surface area contributed by atoms with Gasteiger partial charge in [-0.2, -0.15) is 0 Å². The van der Waals surface area contributed by atoms with E-state index in [1.807, 2.05) is 54.6 Å². The molecule has 2 aromatic carbocycles. The molecule has 0 aliphatic carbocycles.